The molecule has 2 aliphatic heterocycles. The number of rotatable bonds is 2. The molecule has 4 nitrogen and oxygen atoms in total. The molecule has 2 N–H and O–H groups in total. The van der Waals surface area contributed by atoms with E-state index in [1.807, 2.05) is 25.7 Å². The Morgan fingerprint density at radius 3 is 2.14 bits per heavy atom. The summed E-state index contributed by atoms with van der Waals surface area (Å²) in [6, 6.07) is 0.298. The van der Waals surface area contributed by atoms with Crippen LogP contribution in [0.4, 0.5) is 0 Å². The Bertz CT molecular complexity index is 341. The molecule has 0 bridgehead atoms. The quantitative estimate of drug-likeness (QED) is 0.830. The van der Waals surface area contributed by atoms with Crippen LogP contribution in [0.25, 0.3) is 0 Å². The van der Waals surface area contributed by atoms with Gasteiger partial charge in [-0.2, -0.15) is 0 Å². The second-order valence-corrected chi connectivity index (χ2v) is 7.50. The molecule has 2 fully saturated rings. The molecule has 1 unspecified atom stereocenters. The van der Waals surface area contributed by atoms with Gasteiger partial charge in [-0.1, -0.05) is 20.8 Å². The van der Waals surface area contributed by atoms with Gasteiger partial charge in [0.15, 0.2) is 0 Å². The fourth-order valence-corrected chi connectivity index (χ4v) is 3.34. The molecule has 1 amide bonds. The molecule has 0 aliphatic carbocycles. The molecular weight excluding hydrogens is 321 g/mol. The number of halogens is 2. The van der Waals surface area contributed by atoms with Crippen LogP contribution in [-0.2, 0) is 4.79 Å². The fourth-order valence-electron chi connectivity index (χ4n) is 3.34. The van der Waals surface area contributed by atoms with Crippen LogP contribution < -0.4 is 5.73 Å². The van der Waals surface area contributed by atoms with Crippen molar-refractivity contribution >= 4 is 30.7 Å². The summed E-state index contributed by atoms with van der Waals surface area (Å²) in [5.74, 6) is 0.138. The minimum atomic E-state index is -0.383. The molecule has 132 valence electrons. The average Bonchev–Trinajstić information content (AvgIpc) is 2.81. The van der Waals surface area contributed by atoms with Gasteiger partial charge in [0, 0.05) is 19.1 Å². The molecular formula is C16H33Cl2N3O. The van der Waals surface area contributed by atoms with Crippen LogP contribution in [0, 0.1) is 5.41 Å². The van der Waals surface area contributed by atoms with Crippen LogP contribution in [0.15, 0.2) is 0 Å². The van der Waals surface area contributed by atoms with Crippen LogP contribution in [0.3, 0.4) is 0 Å². The number of hydrogen-bond donors (Lipinski definition) is 1. The van der Waals surface area contributed by atoms with Crippen molar-refractivity contribution in [3.8, 4) is 0 Å². The monoisotopic (exact) mass is 353 g/mol. The molecule has 2 aliphatic rings. The van der Waals surface area contributed by atoms with Gasteiger partial charge < -0.3 is 15.5 Å². The highest BCUT2D eigenvalue weighted by atomic mass is 35.5. The van der Waals surface area contributed by atoms with Gasteiger partial charge in [-0.05, 0) is 50.6 Å². The highest BCUT2D eigenvalue weighted by molar-refractivity contribution is 5.85. The number of nitrogens with two attached hydrogens (primary N) is 1. The fraction of sp³-hybridized carbons (Fsp3) is 0.938. The number of hydrogen-bond acceptors (Lipinski definition) is 3. The zero-order chi connectivity index (χ0) is 14.8. The Morgan fingerprint density at radius 2 is 1.59 bits per heavy atom. The summed E-state index contributed by atoms with van der Waals surface area (Å²) in [5, 5.41) is 0. The summed E-state index contributed by atoms with van der Waals surface area (Å²) < 4.78 is 0. The van der Waals surface area contributed by atoms with Crippen molar-refractivity contribution < 1.29 is 4.79 Å². The number of nitrogens with zero attached hydrogens (tertiary/aromatic N) is 2. The molecule has 0 spiro atoms. The third-order valence-electron chi connectivity index (χ3n) is 4.87. The van der Waals surface area contributed by atoms with E-state index in [0.717, 1.165) is 25.9 Å². The van der Waals surface area contributed by atoms with Crippen molar-refractivity contribution in [1.29, 1.82) is 0 Å². The minimum absolute atomic E-state index is 0. The molecule has 2 heterocycles. The first-order valence-corrected chi connectivity index (χ1v) is 8.18. The van der Waals surface area contributed by atoms with E-state index >= 15 is 0 Å². The Kier molecular flexibility index (Phi) is 9.30. The highest BCUT2D eigenvalue weighted by Gasteiger charge is 2.33. The van der Waals surface area contributed by atoms with Crippen LogP contribution in [0.5, 0.6) is 0 Å². The Morgan fingerprint density at radius 1 is 1.00 bits per heavy atom. The van der Waals surface area contributed by atoms with Crippen LogP contribution in [0.2, 0.25) is 0 Å². The molecule has 0 saturated carbocycles. The van der Waals surface area contributed by atoms with Gasteiger partial charge in [0.1, 0.15) is 0 Å². The summed E-state index contributed by atoms with van der Waals surface area (Å²) >= 11 is 0. The minimum Gasteiger partial charge on any atom is -0.341 e. The van der Waals surface area contributed by atoms with Crippen LogP contribution >= 0.6 is 24.8 Å². The van der Waals surface area contributed by atoms with Crippen molar-refractivity contribution in [2.75, 3.05) is 26.2 Å². The van der Waals surface area contributed by atoms with Crippen molar-refractivity contribution in [3.63, 3.8) is 0 Å². The first-order chi connectivity index (χ1) is 9.39. The molecule has 0 radical (unpaired) electrons. The summed E-state index contributed by atoms with van der Waals surface area (Å²) in [6.45, 7) is 10.4. The predicted octanol–water partition coefficient (Wildman–Crippen LogP) is 2.68. The molecule has 0 aromatic heterocycles. The molecule has 0 aromatic carbocycles. The van der Waals surface area contributed by atoms with Gasteiger partial charge in [0.2, 0.25) is 5.91 Å². The molecule has 2 atom stereocenters. The van der Waals surface area contributed by atoms with Crippen molar-refractivity contribution in [3.05, 3.63) is 0 Å². The van der Waals surface area contributed by atoms with E-state index in [9.17, 15) is 4.79 Å². The van der Waals surface area contributed by atoms with Gasteiger partial charge in [0.25, 0.3) is 0 Å². The first-order valence-electron chi connectivity index (χ1n) is 8.18. The lowest BCUT2D eigenvalue weighted by atomic mass is 9.86. The van der Waals surface area contributed by atoms with E-state index < -0.39 is 0 Å². The third kappa shape index (κ3) is 5.55. The Labute approximate surface area is 148 Å². The molecule has 22 heavy (non-hydrogen) atoms. The molecule has 2 saturated heterocycles. The van der Waals surface area contributed by atoms with Crippen molar-refractivity contribution in [1.82, 2.24) is 9.80 Å². The smallest absolute Gasteiger partial charge is 0.240 e. The van der Waals surface area contributed by atoms with Gasteiger partial charge in [-0.15, -0.1) is 24.8 Å². The zero-order valence-electron chi connectivity index (χ0n) is 14.2. The summed E-state index contributed by atoms with van der Waals surface area (Å²) in [5.41, 5.74) is 5.98. The SMILES string of the molecule is CC(C)(C)[C@H](N)C(=O)N1CCCC(N2CCCC2)CC1.Cl.Cl. The number of likely N-dealkylation sites (tertiary alicyclic amines) is 2. The van der Waals surface area contributed by atoms with Gasteiger partial charge in [-0.3, -0.25) is 4.79 Å². The lowest BCUT2D eigenvalue weighted by Gasteiger charge is -2.31. The van der Waals surface area contributed by atoms with Crippen LogP contribution in [-0.4, -0.2) is 54.0 Å². The second kappa shape index (κ2) is 9.31. The second-order valence-electron chi connectivity index (χ2n) is 7.50. The summed E-state index contributed by atoms with van der Waals surface area (Å²) in [7, 11) is 0. The van der Waals surface area contributed by atoms with E-state index in [1.54, 1.807) is 0 Å². The van der Waals surface area contributed by atoms with Gasteiger partial charge in [0.05, 0.1) is 6.04 Å². The zero-order valence-corrected chi connectivity index (χ0v) is 15.8. The number of carbonyl (C=O) groups excluding carboxylic acids is 1. The lowest BCUT2D eigenvalue weighted by molar-refractivity contribution is -0.134. The maximum atomic E-state index is 12.5. The van der Waals surface area contributed by atoms with Gasteiger partial charge in [-0.25, -0.2) is 0 Å². The van der Waals surface area contributed by atoms with E-state index in [0.29, 0.717) is 6.04 Å². The largest absolute Gasteiger partial charge is 0.341 e. The number of carbonyl (C=O) groups is 1. The predicted molar refractivity (Wildman–Crippen MR) is 97.0 cm³/mol. The Hall–Kier alpha value is -0.0300. The van der Waals surface area contributed by atoms with Gasteiger partial charge >= 0.3 is 0 Å². The third-order valence-corrected chi connectivity index (χ3v) is 4.87. The van der Waals surface area contributed by atoms with Crippen molar-refractivity contribution in [2.45, 2.75) is 65.0 Å². The maximum Gasteiger partial charge on any atom is 0.240 e. The van der Waals surface area contributed by atoms with E-state index in [-0.39, 0.29) is 42.2 Å². The van der Waals surface area contributed by atoms with E-state index in [4.69, 9.17) is 5.73 Å². The number of amides is 1. The summed E-state index contributed by atoms with van der Waals surface area (Å²) in [6.07, 6.45) is 6.14. The summed E-state index contributed by atoms with van der Waals surface area (Å²) in [4.78, 5) is 17.1. The normalized spacial score (nSPS) is 24.9. The highest BCUT2D eigenvalue weighted by Crippen LogP contribution is 2.24. The van der Waals surface area contributed by atoms with E-state index in [2.05, 4.69) is 4.90 Å². The average molecular weight is 354 g/mol. The molecule has 2 rings (SSSR count). The molecule has 0 aromatic rings. The Balaban J connectivity index is 0.00000220. The van der Waals surface area contributed by atoms with Crippen molar-refractivity contribution in [2.24, 2.45) is 11.1 Å². The van der Waals surface area contributed by atoms with E-state index in [1.165, 1.54) is 32.4 Å². The van der Waals surface area contributed by atoms with Crippen LogP contribution in [0.1, 0.15) is 52.9 Å². The standard InChI is InChI=1S/C16H31N3O.2ClH/c1-16(2,3)14(17)15(20)19-11-6-7-13(8-12-19)18-9-4-5-10-18;;/h13-14H,4-12,17H2,1-3H3;2*1H/t13?,14-;;/m1../s1. The topological polar surface area (TPSA) is 49.6 Å². The molecule has 6 heteroatoms. The lowest BCUT2D eigenvalue weighted by Crippen LogP contribution is -2.50. The first kappa shape index (κ1) is 22.0. The maximum absolute atomic E-state index is 12.5.